The fourth-order valence-electron chi connectivity index (χ4n) is 2.70. The van der Waals surface area contributed by atoms with Gasteiger partial charge in [-0.15, -0.1) is 0 Å². The monoisotopic (exact) mass is 334 g/mol. The molecule has 0 aliphatic carbocycles. The molecule has 0 aliphatic heterocycles. The second kappa shape index (κ2) is 5.78. The number of nitrogens with one attached hydrogen (secondary N) is 1. The lowest BCUT2D eigenvalue weighted by atomic mass is 10.3. The van der Waals surface area contributed by atoms with E-state index < -0.39 is 10.0 Å². The minimum absolute atomic E-state index is 0.0941. The maximum atomic E-state index is 12.5. The van der Waals surface area contributed by atoms with Crippen LogP contribution in [0, 0.1) is 13.8 Å². The molecule has 122 valence electrons. The van der Waals surface area contributed by atoms with Gasteiger partial charge in [-0.2, -0.15) is 0 Å². The summed E-state index contributed by atoms with van der Waals surface area (Å²) in [4.78, 5) is 4.60. The summed E-state index contributed by atoms with van der Waals surface area (Å²) in [5, 5.41) is 3.69. The Bertz CT molecular complexity index is 937. The van der Waals surface area contributed by atoms with E-state index in [-0.39, 0.29) is 17.2 Å². The number of hydrogen-bond donors (Lipinski definition) is 1. The van der Waals surface area contributed by atoms with Gasteiger partial charge >= 0.3 is 0 Å². The lowest BCUT2D eigenvalue weighted by Crippen LogP contribution is -2.25. The topological polar surface area (TPSA) is 90.0 Å². The van der Waals surface area contributed by atoms with Gasteiger partial charge in [-0.25, -0.2) is 18.1 Å². The molecule has 0 spiro atoms. The van der Waals surface area contributed by atoms with Crippen molar-refractivity contribution in [2.45, 2.75) is 38.8 Å². The number of aryl methyl sites for hydroxylation is 3. The number of sulfonamides is 1. The van der Waals surface area contributed by atoms with Crippen molar-refractivity contribution in [3.05, 3.63) is 41.5 Å². The van der Waals surface area contributed by atoms with Crippen molar-refractivity contribution in [3.8, 4) is 0 Å². The van der Waals surface area contributed by atoms with Gasteiger partial charge in [0.15, 0.2) is 5.76 Å². The van der Waals surface area contributed by atoms with Crippen LogP contribution in [0.5, 0.6) is 0 Å². The number of hydrogen-bond acceptors (Lipinski definition) is 5. The van der Waals surface area contributed by atoms with Crippen LogP contribution in [0.25, 0.3) is 11.0 Å². The minimum Gasteiger partial charge on any atom is -0.360 e. The van der Waals surface area contributed by atoms with Crippen molar-refractivity contribution in [2.75, 3.05) is 0 Å². The Morgan fingerprint density at radius 2 is 2.00 bits per heavy atom. The summed E-state index contributed by atoms with van der Waals surface area (Å²) < 4.78 is 34.5. The van der Waals surface area contributed by atoms with Crippen molar-refractivity contribution >= 4 is 21.1 Å². The van der Waals surface area contributed by atoms with Gasteiger partial charge in [0.25, 0.3) is 0 Å². The van der Waals surface area contributed by atoms with E-state index in [0.717, 1.165) is 11.0 Å². The highest BCUT2D eigenvalue weighted by molar-refractivity contribution is 7.89. The Balaban J connectivity index is 1.92. The standard InChI is InChI=1S/C15H18N4O3S/c1-4-19-13-8-6-5-7-12(13)17-14(19)9-16-23(20,21)15-10(2)18-22-11(15)3/h5-8,16H,4,9H2,1-3H3. The zero-order valence-electron chi connectivity index (χ0n) is 13.2. The van der Waals surface area contributed by atoms with E-state index in [9.17, 15) is 8.42 Å². The summed E-state index contributed by atoms with van der Waals surface area (Å²) in [6, 6.07) is 7.73. The van der Waals surface area contributed by atoms with E-state index in [2.05, 4.69) is 14.9 Å². The second-order valence-corrected chi connectivity index (χ2v) is 6.94. The largest absolute Gasteiger partial charge is 0.360 e. The number of aromatic nitrogens is 3. The molecule has 1 aromatic carbocycles. The molecule has 3 aromatic rings. The molecule has 7 nitrogen and oxygen atoms in total. The number of rotatable bonds is 5. The summed E-state index contributed by atoms with van der Waals surface area (Å²) in [6.07, 6.45) is 0. The summed E-state index contributed by atoms with van der Waals surface area (Å²) in [7, 11) is -3.70. The maximum Gasteiger partial charge on any atom is 0.246 e. The fraction of sp³-hybridized carbons (Fsp3) is 0.333. The summed E-state index contributed by atoms with van der Waals surface area (Å²) in [5.41, 5.74) is 2.18. The van der Waals surface area contributed by atoms with Gasteiger partial charge in [0.2, 0.25) is 10.0 Å². The number of imidazole rings is 1. The Hall–Kier alpha value is -2.19. The molecule has 2 heterocycles. The van der Waals surface area contributed by atoms with Crippen LogP contribution in [0.15, 0.2) is 33.7 Å². The first-order valence-corrected chi connectivity index (χ1v) is 8.79. The molecule has 0 amide bonds. The summed E-state index contributed by atoms with van der Waals surface area (Å²) in [5.74, 6) is 0.947. The van der Waals surface area contributed by atoms with E-state index in [0.29, 0.717) is 18.1 Å². The van der Waals surface area contributed by atoms with Gasteiger partial charge in [-0.3, -0.25) is 0 Å². The Morgan fingerprint density at radius 3 is 2.65 bits per heavy atom. The molecule has 0 aliphatic rings. The van der Waals surface area contributed by atoms with Crippen LogP contribution in [0.3, 0.4) is 0 Å². The van der Waals surface area contributed by atoms with Crippen molar-refractivity contribution in [1.82, 2.24) is 19.4 Å². The predicted molar refractivity (Wildman–Crippen MR) is 85.4 cm³/mol. The molecule has 2 aromatic heterocycles. The van der Waals surface area contributed by atoms with Crippen LogP contribution in [-0.4, -0.2) is 23.1 Å². The summed E-state index contributed by atoms with van der Waals surface area (Å²) in [6.45, 7) is 6.00. The molecule has 8 heteroatoms. The second-order valence-electron chi connectivity index (χ2n) is 5.24. The third-order valence-electron chi connectivity index (χ3n) is 3.71. The van der Waals surface area contributed by atoms with E-state index in [1.54, 1.807) is 13.8 Å². The van der Waals surface area contributed by atoms with Gasteiger partial charge in [0, 0.05) is 6.54 Å². The van der Waals surface area contributed by atoms with Crippen molar-refractivity contribution < 1.29 is 12.9 Å². The zero-order valence-corrected chi connectivity index (χ0v) is 14.0. The van der Waals surface area contributed by atoms with Gasteiger partial charge in [-0.1, -0.05) is 17.3 Å². The van der Waals surface area contributed by atoms with E-state index in [1.807, 2.05) is 35.8 Å². The van der Waals surface area contributed by atoms with Gasteiger partial charge in [0.1, 0.15) is 16.4 Å². The number of fused-ring (bicyclic) bond motifs is 1. The van der Waals surface area contributed by atoms with Gasteiger partial charge in [-0.05, 0) is 32.9 Å². The van der Waals surface area contributed by atoms with Crippen LogP contribution in [0.4, 0.5) is 0 Å². The maximum absolute atomic E-state index is 12.5. The Kier molecular flexibility index (Phi) is 3.95. The number of para-hydroxylation sites is 2. The Labute approximate surface area is 134 Å². The summed E-state index contributed by atoms with van der Waals surface area (Å²) >= 11 is 0. The third kappa shape index (κ3) is 2.75. The van der Waals surface area contributed by atoms with E-state index in [4.69, 9.17) is 4.52 Å². The fourth-order valence-corrected chi connectivity index (χ4v) is 4.01. The Morgan fingerprint density at radius 1 is 1.26 bits per heavy atom. The number of nitrogens with zero attached hydrogens (tertiary/aromatic N) is 3. The quantitative estimate of drug-likeness (QED) is 0.772. The van der Waals surface area contributed by atoms with Crippen molar-refractivity contribution in [1.29, 1.82) is 0 Å². The van der Waals surface area contributed by atoms with Crippen LogP contribution in [-0.2, 0) is 23.1 Å². The lowest BCUT2D eigenvalue weighted by molar-refractivity contribution is 0.390. The lowest BCUT2D eigenvalue weighted by Gasteiger charge is -2.08. The zero-order chi connectivity index (χ0) is 16.6. The molecule has 0 bridgehead atoms. The first-order valence-electron chi connectivity index (χ1n) is 7.30. The van der Waals surface area contributed by atoms with Gasteiger partial charge in [0.05, 0.1) is 17.6 Å². The average molecular weight is 334 g/mol. The van der Waals surface area contributed by atoms with Crippen LogP contribution >= 0.6 is 0 Å². The molecule has 0 radical (unpaired) electrons. The molecular weight excluding hydrogens is 316 g/mol. The molecular formula is C15H18N4O3S. The first kappa shape index (κ1) is 15.7. The first-order chi connectivity index (χ1) is 10.9. The predicted octanol–water partition coefficient (Wildman–Crippen LogP) is 2.14. The van der Waals surface area contributed by atoms with Gasteiger partial charge < -0.3 is 9.09 Å². The minimum atomic E-state index is -3.70. The van der Waals surface area contributed by atoms with E-state index in [1.165, 1.54) is 0 Å². The molecule has 0 unspecified atom stereocenters. The highest BCUT2D eigenvalue weighted by atomic mass is 32.2. The molecule has 0 saturated heterocycles. The average Bonchev–Trinajstić information content (AvgIpc) is 3.05. The molecule has 0 saturated carbocycles. The third-order valence-corrected chi connectivity index (χ3v) is 5.35. The van der Waals surface area contributed by atoms with Crippen LogP contribution in [0.1, 0.15) is 24.2 Å². The van der Waals surface area contributed by atoms with Crippen LogP contribution in [0.2, 0.25) is 0 Å². The molecule has 0 fully saturated rings. The number of benzene rings is 1. The molecule has 0 atom stereocenters. The van der Waals surface area contributed by atoms with Crippen molar-refractivity contribution in [2.24, 2.45) is 0 Å². The smallest absolute Gasteiger partial charge is 0.246 e. The SMILES string of the molecule is CCn1c(CNS(=O)(=O)c2c(C)noc2C)nc2ccccc21. The highest BCUT2D eigenvalue weighted by Gasteiger charge is 2.24. The molecule has 23 heavy (non-hydrogen) atoms. The molecule has 1 N–H and O–H groups in total. The van der Waals surface area contributed by atoms with Crippen molar-refractivity contribution in [3.63, 3.8) is 0 Å². The van der Waals surface area contributed by atoms with Crippen LogP contribution < -0.4 is 4.72 Å². The molecule has 3 rings (SSSR count). The highest BCUT2D eigenvalue weighted by Crippen LogP contribution is 2.20. The normalized spacial score (nSPS) is 12.1. The van der Waals surface area contributed by atoms with E-state index >= 15 is 0 Å².